The lowest BCUT2D eigenvalue weighted by molar-refractivity contribution is -0.139. The van der Waals surface area contributed by atoms with Gasteiger partial charge in [0.05, 0.1) is 25.8 Å². The van der Waals surface area contributed by atoms with Crippen LogP contribution in [0.4, 0.5) is 0 Å². The van der Waals surface area contributed by atoms with Gasteiger partial charge in [-0.15, -0.1) is 11.8 Å². The first kappa shape index (κ1) is 27.1. The fourth-order valence-electron chi connectivity index (χ4n) is 2.86. The predicted molar refractivity (Wildman–Crippen MR) is 137 cm³/mol. The molecule has 4 nitrogen and oxygen atoms in total. The van der Waals surface area contributed by atoms with Crippen molar-refractivity contribution in [3.63, 3.8) is 0 Å². The van der Waals surface area contributed by atoms with Crippen LogP contribution < -0.4 is 5.32 Å². The van der Waals surface area contributed by atoms with Crippen LogP contribution in [-0.4, -0.2) is 34.0 Å². The van der Waals surface area contributed by atoms with Gasteiger partial charge in [0.15, 0.2) is 0 Å². The predicted octanol–water partition coefficient (Wildman–Crippen LogP) is 6.87. The van der Waals surface area contributed by atoms with Gasteiger partial charge in [-0.25, -0.2) is 0 Å². The minimum absolute atomic E-state index is 0.155. The molecule has 0 radical (unpaired) electrons. The van der Waals surface area contributed by atoms with Crippen LogP contribution in [0.25, 0.3) is 0 Å². The Balaban J connectivity index is 2.13. The van der Waals surface area contributed by atoms with E-state index in [1.54, 1.807) is 42.2 Å². The number of carbonyl (C=O) groups is 2. The smallest absolute Gasteiger partial charge is 0.242 e. The van der Waals surface area contributed by atoms with Crippen molar-refractivity contribution in [2.45, 2.75) is 51.6 Å². The molecular weight excluding hydrogens is 510 g/mol. The summed E-state index contributed by atoms with van der Waals surface area (Å²) >= 11 is 25.6. The van der Waals surface area contributed by atoms with E-state index in [0.717, 1.165) is 11.1 Å². The highest BCUT2D eigenvalue weighted by Gasteiger charge is 2.28. The molecule has 1 atom stereocenters. The summed E-state index contributed by atoms with van der Waals surface area (Å²) in [5.74, 6) is 0.415. The second-order valence-electron chi connectivity index (χ2n) is 8.43. The topological polar surface area (TPSA) is 49.4 Å². The molecule has 0 bridgehead atoms. The van der Waals surface area contributed by atoms with Gasteiger partial charge in [-0.2, -0.15) is 0 Å². The highest BCUT2D eigenvalue weighted by molar-refractivity contribution is 7.99. The van der Waals surface area contributed by atoms with E-state index in [2.05, 4.69) is 5.32 Å². The van der Waals surface area contributed by atoms with Crippen molar-refractivity contribution >= 4 is 70.0 Å². The molecule has 2 aromatic rings. The average molecular weight is 536 g/mol. The standard InChI is InChI=1S/C23H26Cl4N2O2S/c1-14(22(31)28-23(2,3)4)29(11-15-5-7-17(24)19(26)9-15)21(30)13-32-12-16-6-8-18(25)20(27)10-16/h5-10,14H,11-13H2,1-4H3,(H,28,31). The molecule has 32 heavy (non-hydrogen) atoms. The van der Waals surface area contributed by atoms with E-state index >= 15 is 0 Å². The fraction of sp³-hybridized carbons (Fsp3) is 0.391. The van der Waals surface area contributed by atoms with Crippen molar-refractivity contribution in [1.82, 2.24) is 10.2 Å². The van der Waals surface area contributed by atoms with Gasteiger partial charge in [0.1, 0.15) is 6.04 Å². The Morgan fingerprint density at radius 3 is 2.00 bits per heavy atom. The van der Waals surface area contributed by atoms with E-state index in [0.29, 0.717) is 25.8 Å². The van der Waals surface area contributed by atoms with Gasteiger partial charge in [-0.3, -0.25) is 9.59 Å². The van der Waals surface area contributed by atoms with Crippen LogP contribution in [0.5, 0.6) is 0 Å². The molecule has 174 valence electrons. The molecule has 1 unspecified atom stereocenters. The van der Waals surface area contributed by atoms with Crippen molar-refractivity contribution in [2.24, 2.45) is 0 Å². The first-order chi connectivity index (χ1) is 14.9. The largest absolute Gasteiger partial charge is 0.350 e. The molecule has 0 heterocycles. The van der Waals surface area contributed by atoms with Crippen molar-refractivity contribution in [1.29, 1.82) is 0 Å². The molecule has 0 spiro atoms. The molecule has 2 aromatic carbocycles. The van der Waals surface area contributed by atoms with E-state index < -0.39 is 11.6 Å². The van der Waals surface area contributed by atoms with Crippen molar-refractivity contribution in [3.05, 3.63) is 67.6 Å². The monoisotopic (exact) mass is 534 g/mol. The molecule has 0 aliphatic rings. The van der Waals surface area contributed by atoms with Gasteiger partial charge in [0.2, 0.25) is 11.8 Å². The number of nitrogens with one attached hydrogen (secondary N) is 1. The molecule has 9 heteroatoms. The van der Waals surface area contributed by atoms with Crippen LogP contribution in [0.15, 0.2) is 36.4 Å². The van der Waals surface area contributed by atoms with Gasteiger partial charge in [-0.1, -0.05) is 58.5 Å². The first-order valence-corrected chi connectivity index (χ1v) is 12.6. The highest BCUT2D eigenvalue weighted by atomic mass is 35.5. The number of amides is 2. The minimum Gasteiger partial charge on any atom is -0.350 e. The number of thioether (sulfide) groups is 1. The molecular formula is C23H26Cl4N2O2S. The highest BCUT2D eigenvalue weighted by Crippen LogP contribution is 2.26. The first-order valence-electron chi connectivity index (χ1n) is 9.94. The molecule has 0 saturated heterocycles. The Bertz CT molecular complexity index is 979. The molecule has 0 aliphatic carbocycles. The Morgan fingerprint density at radius 2 is 1.47 bits per heavy atom. The van der Waals surface area contributed by atoms with Crippen LogP contribution >= 0.6 is 58.2 Å². The number of carbonyl (C=O) groups excluding carboxylic acids is 2. The second kappa shape index (κ2) is 11.8. The maximum Gasteiger partial charge on any atom is 0.242 e. The summed E-state index contributed by atoms with van der Waals surface area (Å²) in [5, 5.41) is 4.74. The third-order valence-corrected chi connectivity index (χ3v) is 6.95. The van der Waals surface area contributed by atoms with Gasteiger partial charge in [0, 0.05) is 17.8 Å². The average Bonchev–Trinajstić information content (AvgIpc) is 2.69. The molecule has 0 saturated carbocycles. The Kier molecular flexibility index (Phi) is 10.0. The Labute approximate surface area is 213 Å². The third-order valence-electron chi connectivity index (χ3n) is 4.48. The van der Waals surface area contributed by atoms with Crippen LogP contribution in [0, 0.1) is 0 Å². The zero-order chi connectivity index (χ0) is 24.1. The number of halogens is 4. The molecule has 0 aromatic heterocycles. The zero-order valence-electron chi connectivity index (χ0n) is 18.3. The van der Waals surface area contributed by atoms with E-state index in [1.807, 2.05) is 26.8 Å². The van der Waals surface area contributed by atoms with E-state index in [-0.39, 0.29) is 24.1 Å². The normalized spacial score (nSPS) is 12.4. The van der Waals surface area contributed by atoms with Crippen molar-refractivity contribution in [3.8, 4) is 0 Å². The van der Waals surface area contributed by atoms with Gasteiger partial charge in [-0.05, 0) is 63.1 Å². The zero-order valence-corrected chi connectivity index (χ0v) is 22.2. The summed E-state index contributed by atoms with van der Waals surface area (Å²) in [6.45, 7) is 7.66. The number of rotatable bonds is 8. The molecule has 0 fully saturated rings. The maximum atomic E-state index is 13.1. The molecule has 2 amide bonds. The quantitative estimate of drug-likeness (QED) is 0.401. The Morgan fingerprint density at radius 1 is 0.938 bits per heavy atom. The lowest BCUT2D eigenvalue weighted by Gasteiger charge is -2.31. The van der Waals surface area contributed by atoms with Crippen molar-refractivity contribution in [2.75, 3.05) is 5.75 Å². The molecule has 0 aliphatic heterocycles. The summed E-state index contributed by atoms with van der Waals surface area (Å²) in [7, 11) is 0. The van der Waals surface area contributed by atoms with Crippen LogP contribution in [0.1, 0.15) is 38.8 Å². The lowest BCUT2D eigenvalue weighted by Crippen LogP contribution is -2.52. The van der Waals surface area contributed by atoms with Gasteiger partial charge < -0.3 is 10.2 Å². The lowest BCUT2D eigenvalue weighted by atomic mass is 10.1. The van der Waals surface area contributed by atoms with Crippen LogP contribution in [0.2, 0.25) is 20.1 Å². The van der Waals surface area contributed by atoms with Crippen LogP contribution in [0.3, 0.4) is 0 Å². The van der Waals surface area contributed by atoms with E-state index in [4.69, 9.17) is 46.4 Å². The van der Waals surface area contributed by atoms with E-state index in [9.17, 15) is 9.59 Å². The number of hydrogen-bond donors (Lipinski definition) is 1. The van der Waals surface area contributed by atoms with Crippen LogP contribution in [-0.2, 0) is 21.9 Å². The summed E-state index contributed by atoms with van der Waals surface area (Å²) in [6, 6.07) is 9.92. The minimum atomic E-state index is -0.665. The number of hydrogen-bond acceptors (Lipinski definition) is 3. The summed E-state index contributed by atoms with van der Waals surface area (Å²) in [6.07, 6.45) is 0. The SMILES string of the molecule is CC(C(=O)NC(C)(C)C)N(Cc1ccc(Cl)c(Cl)c1)C(=O)CSCc1ccc(Cl)c(Cl)c1. The number of nitrogens with zero attached hydrogens (tertiary/aromatic N) is 1. The van der Waals surface area contributed by atoms with Gasteiger partial charge in [0.25, 0.3) is 0 Å². The summed E-state index contributed by atoms with van der Waals surface area (Å²) in [5.41, 5.74) is 1.34. The molecule has 2 rings (SSSR count). The number of benzene rings is 2. The maximum absolute atomic E-state index is 13.1. The van der Waals surface area contributed by atoms with E-state index in [1.165, 1.54) is 11.8 Å². The summed E-state index contributed by atoms with van der Waals surface area (Å²) in [4.78, 5) is 27.5. The fourth-order valence-corrected chi connectivity index (χ4v) is 4.36. The van der Waals surface area contributed by atoms with Crippen molar-refractivity contribution < 1.29 is 9.59 Å². The second-order valence-corrected chi connectivity index (χ2v) is 11.0. The summed E-state index contributed by atoms with van der Waals surface area (Å²) < 4.78 is 0. The Hall–Kier alpha value is -1.11. The third kappa shape index (κ3) is 8.35. The van der Waals surface area contributed by atoms with Gasteiger partial charge >= 0.3 is 0 Å². The molecule has 1 N–H and O–H groups in total.